The maximum Gasteiger partial charge on any atom is 0.245 e. The van der Waals surface area contributed by atoms with Crippen molar-refractivity contribution >= 4 is 29.5 Å². The summed E-state index contributed by atoms with van der Waals surface area (Å²) < 4.78 is 12.0. The molecule has 3 N–H and O–H groups in total. The molecule has 5 amide bonds. The van der Waals surface area contributed by atoms with E-state index in [0.717, 1.165) is 18.4 Å². The van der Waals surface area contributed by atoms with Crippen molar-refractivity contribution in [3.05, 3.63) is 37.0 Å². The fourth-order valence-electron chi connectivity index (χ4n) is 8.13. The van der Waals surface area contributed by atoms with E-state index < -0.39 is 48.3 Å². The van der Waals surface area contributed by atoms with Gasteiger partial charge in [-0.25, -0.2) is 0 Å². The van der Waals surface area contributed by atoms with Crippen LogP contribution in [0.3, 0.4) is 0 Å². The van der Waals surface area contributed by atoms with Gasteiger partial charge in [0.2, 0.25) is 29.5 Å². The molecule has 8 unspecified atom stereocenters. The Balaban J connectivity index is 3.35. The normalized spacial score (nSPS) is 18.8. The van der Waals surface area contributed by atoms with E-state index in [1.165, 1.54) is 7.11 Å². The van der Waals surface area contributed by atoms with Crippen LogP contribution in [0.15, 0.2) is 37.0 Å². The summed E-state index contributed by atoms with van der Waals surface area (Å²) in [7, 11) is 10.6. The van der Waals surface area contributed by atoms with Crippen LogP contribution in [-0.4, -0.2) is 160 Å². The quantitative estimate of drug-likeness (QED) is 0.105. The molecular formula is C45H81N7O7. The molecule has 0 radical (unpaired) electrons. The molecule has 0 bridgehead atoms. The van der Waals surface area contributed by atoms with Crippen LogP contribution in [0.5, 0.6) is 0 Å². The smallest absolute Gasteiger partial charge is 0.245 e. The molecule has 1 heterocycles. The summed E-state index contributed by atoms with van der Waals surface area (Å²) in [4.78, 5) is 77.0. The highest BCUT2D eigenvalue weighted by Crippen LogP contribution is 2.30. The summed E-state index contributed by atoms with van der Waals surface area (Å²) in [5.74, 6) is -2.18. The lowest BCUT2D eigenvalue weighted by molar-refractivity contribution is -0.148. The Morgan fingerprint density at radius 2 is 1.51 bits per heavy atom. The Kier molecular flexibility index (Phi) is 24.1. The molecule has 9 atom stereocenters. The first-order chi connectivity index (χ1) is 27.8. The monoisotopic (exact) mass is 832 g/mol. The average Bonchev–Trinajstić information content (AvgIpc) is 3.67. The van der Waals surface area contributed by atoms with E-state index in [1.807, 2.05) is 79.4 Å². The molecule has 59 heavy (non-hydrogen) atoms. The standard InChI is InChI=1S/C45H81N7O7/c1-17-22-33(19-3)27-34(43(55)46-24-26-49(11)12)47-42(54)32(10)41(59-16)35-23-21-25-52(35)37(53)28-36(58-15)40(31(9)18-2)51(14)45(57)38(29(5)6)48-44(56)39(30(7)8)50(13)20-4/h17,19,22,29-32,34-36,38-41H,1,3,18,20-21,23-28H2,2,4-16H3,(H,46,55)(H,47,54)(H,48,56)/b33-22+/t31?,32?,34?,35?,36?,38-,39?,40?,41?/m0/s1. The zero-order valence-electron chi connectivity index (χ0n) is 39.0. The molecule has 0 aromatic rings. The highest BCUT2D eigenvalue weighted by molar-refractivity contribution is 5.91. The number of carbonyl (C=O) groups excluding carboxylic acids is 5. The molecule has 0 spiro atoms. The maximum absolute atomic E-state index is 14.4. The third-order valence-electron chi connectivity index (χ3n) is 11.9. The van der Waals surface area contributed by atoms with Gasteiger partial charge in [0.15, 0.2) is 0 Å². The minimum absolute atomic E-state index is 0.00121. The molecule has 1 aliphatic rings. The second kappa shape index (κ2) is 26.6. The van der Waals surface area contributed by atoms with E-state index in [0.29, 0.717) is 32.6 Å². The number of rotatable bonds is 27. The van der Waals surface area contributed by atoms with Crippen LogP contribution in [0, 0.1) is 23.7 Å². The second-order valence-corrected chi connectivity index (χ2v) is 17.1. The molecule has 1 aliphatic heterocycles. The van der Waals surface area contributed by atoms with Gasteiger partial charge < -0.3 is 40.1 Å². The van der Waals surface area contributed by atoms with Gasteiger partial charge in [0, 0.05) is 47.3 Å². The Labute approximate surface area is 356 Å². The van der Waals surface area contributed by atoms with Crippen molar-refractivity contribution in [1.29, 1.82) is 0 Å². The van der Waals surface area contributed by atoms with Gasteiger partial charge in [0.05, 0.1) is 42.7 Å². The fraction of sp³-hybridized carbons (Fsp3) is 0.756. The van der Waals surface area contributed by atoms with Crippen LogP contribution >= 0.6 is 0 Å². The summed E-state index contributed by atoms with van der Waals surface area (Å²) in [6.45, 7) is 25.5. The number of carbonyl (C=O) groups is 5. The number of likely N-dealkylation sites (tertiary alicyclic amines) is 1. The molecule has 0 saturated carbocycles. The van der Waals surface area contributed by atoms with Gasteiger partial charge in [-0.2, -0.15) is 0 Å². The van der Waals surface area contributed by atoms with Crippen molar-refractivity contribution in [2.75, 3.05) is 68.6 Å². The first-order valence-electron chi connectivity index (χ1n) is 21.5. The largest absolute Gasteiger partial charge is 0.379 e. The van der Waals surface area contributed by atoms with Crippen molar-refractivity contribution in [3.8, 4) is 0 Å². The van der Waals surface area contributed by atoms with Gasteiger partial charge in [-0.1, -0.05) is 93.2 Å². The molecule has 0 aromatic carbocycles. The lowest BCUT2D eigenvalue weighted by atomic mass is 9.89. The van der Waals surface area contributed by atoms with Gasteiger partial charge in [-0.15, -0.1) is 0 Å². The number of hydrogen-bond acceptors (Lipinski definition) is 9. The van der Waals surface area contributed by atoms with E-state index >= 15 is 0 Å². The number of likely N-dealkylation sites (N-methyl/N-ethyl adjacent to an activating group) is 3. The Morgan fingerprint density at radius 1 is 0.864 bits per heavy atom. The fourth-order valence-corrected chi connectivity index (χ4v) is 8.13. The van der Waals surface area contributed by atoms with Crippen LogP contribution in [-0.2, 0) is 33.4 Å². The Hall–Kier alpha value is -3.59. The summed E-state index contributed by atoms with van der Waals surface area (Å²) in [6, 6.07) is -2.91. The first kappa shape index (κ1) is 53.4. The van der Waals surface area contributed by atoms with Gasteiger partial charge in [-0.05, 0) is 63.9 Å². The van der Waals surface area contributed by atoms with Crippen molar-refractivity contribution < 1.29 is 33.4 Å². The van der Waals surface area contributed by atoms with Gasteiger partial charge in [0.1, 0.15) is 12.1 Å². The van der Waals surface area contributed by atoms with E-state index in [2.05, 4.69) is 29.1 Å². The first-order valence-corrected chi connectivity index (χ1v) is 21.5. The van der Waals surface area contributed by atoms with Crippen LogP contribution < -0.4 is 16.0 Å². The number of hydrogen-bond donors (Lipinski definition) is 3. The van der Waals surface area contributed by atoms with Gasteiger partial charge >= 0.3 is 0 Å². The number of amides is 5. The predicted octanol–water partition coefficient (Wildman–Crippen LogP) is 3.87. The molecule has 1 rings (SSSR count). The second-order valence-electron chi connectivity index (χ2n) is 17.1. The summed E-state index contributed by atoms with van der Waals surface area (Å²) in [6.07, 6.45) is 6.00. The molecule has 0 aromatic heterocycles. The molecule has 1 fully saturated rings. The molecule has 14 nitrogen and oxygen atoms in total. The maximum atomic E-state index is 14.4. The van der Waals surface area contributed by atoms with Crippen LogP contribution in [0.2, 0.25) is 0 Å². The van der Waals surface area contributed by atoms with Crippen molar-refractivity contribution in [1.82, 2.24) is 35.6 Å². The third kappa shape index (κ3) is 15.8. The molecular weight excluding hydrogens is 751 g/mol. The minimum atomic E-state index is -0.868. The summed E-state index contributed by atoms with van der Waals surface area (Å²) in [5.41, 5.74) is 0.747. The highest BCUT2D eigenvalue weighted by Gasteiger charge is 2.43. The zero-order chi connectivity index (χ0) is 45.1. The van der Waals surface area contributed by atoms with E-state index in [9.17, 15) is 24.0 Å². The summed E-state index contributed by atoms with van der Waals surface area (Å²) in [5, 5.41) is 8.94. The van der Waals surface area contributed by atoms with Crippen molar-refractivity contribution in [3.63, 3.8) is 0 Å². The molecule has 338 valence electrons. The Bertz CT molecular complexity index is 1400. The molecule has 14 heteroatoms. The highest BCUT2D eigenvalue weighted by atomic mass is 16.5. The van der Waals surface area contributed by atoms with Crippen molar-refractivity contribution in [2.24, 2.45) is 23.7 Å². The number of allylic oxidation sites excluding steroid dienone is 3. The topological polar surface area (TPSA) is 153 Å². The van der Waals surface area contributed by atoms with E-state index in [1.54, 1.807) is 49.1 Å². The number of nitrogens with zero attached hydrogens (tertiary/aromatic N) is 4. The van der Waals surface area contributed by atoms with E-state index in [4.69, 9.17) is 9.47 Å². The lowest BCUT2D eigenvalue weighted by Crippen LogP contribution is -2.60. The van der Waals surface area contributed by atoms with Gasteiger partial charge in [0.25, 0.3) is 0 Å². The van der Waals surface area contributed by atoms with Crippen LogP contribution in [0.4, 0.5) is 0 Å². The molecule has 0 aliphatic carbocycles. The zero-order valence-corrected chi connectivity index (χ0v) is 39.0. The van der Waals surface area contributed by atoms with Crippen LogP contribution in [0.1, 0.15) is 87.5 Å². The predicted molar refractivity (Wildman–Crippen MR) is 236 cm³/mol. The number of nitrogens with one attached hydrogen (secondary N) is 3. The number of methoxy groups -OCH3 is 2. The minimum Gasteiger partial charge on any atom is -0.379 e. The SMILES string of the molecule is C=C/C=C(\C=C)CC(NC(=O)C(C)C(OC)C1CCCN1C(=O)CC(OC)C(C(C)CC)N(C)C(=O)[C@@H](NC(=O)C(C(C)C)N(C)CC)C(C)C)C(=O)NCCN(C)C. The van der Waals surface area contributed by atoms with Crippen molar-refractivity contribution in [2.45, 2.75) is 130 Å². The average molecular weight is 832 g/mol. The molecule has 1 saturated heterocycles. The number of ether oxygens (including phenoxy) is 2. The van der Waals surface area contributed by atoms with Gasteiger partial charge in [-0.3, -0.25) is 28.9 Å². The lowest BCUT2D eigenvalue weighted by Gasteiger charge is -2.41. The van der Waals surface area contributed by atoms with Crippen LogP contribution in [0.25, 0.3) is 0 Å². The third-order valence-corrected chi connectivity index (χ3v) is 11.9. The Morgan fingerprint density at radius 3 is 2.00 bits per heavy atom. The summed E-state index contributed by atoms with van der Waals surface area (Å²) >= 11 is 0. The van der Waals surface area contributed by atoms with E-state index in [-0.39, 0.29) is 60.1 Å².